The van der Waals surface area contributed by atoms with Gasteiger partial charge in [0.1, 0.15) is 0 Å². The first-order valence-corrected chi connectivity index (χ1v) is 9.51. The van der Waals surface area contributed by atoms with Crippen LogP contribution in [0.25, 0.3) is 5.69 Å². The van der Waals surface area contributed by atoms with E-state index < -0.39 is 5.33 Å². The summed E-state index contributed by atoms with van der Waals surface area (Å²) in [4.78, 5) is 0. The van der Waals surface area contributed by atoms with Gasteiger partial charge in [0.2, 0.25) is 0 Å². The minimum absolute atomic E-state index is 0.415. The molecule has 0 unspecified atom stereocenters. The third kappa shape index (κ3) is 2.10. The normalized spacial score (nSPS) is 10.8. The Hall–Kier alpha value is -0.110. The molecule has 1 nitrogen and oxygen atoms in total. The van der Waals surface area contributed by atoms with Crippen LogP contribution in [0.15, 0.2) is 48.7 Å². The highest BCUT2D eigenvalue weighted by Crippen LogP contribution is 2.50. The molecule has 1 heterocycles. The molecule has 2 aromatic rings. The zero-order valence-electron chi connectivity index (χ0n) is 7.27. The van der Waals surface area contributed by atoms with Crippen molar-refractivity contribution < 1.29 is 0 Å². The third-order valence-corrected chi connectivity index (χ3v) is 4.83. The van der Waals surface area contributed by atoms with E-state index in [1.165, 1.54) is 11.1 Å². The molecule has 4 heteroatoms. The second kappa shape index (κ2) is 4.61. The summed E-state index contributed by atoms with van der Waals surface area (Å²) < 4.78 is 2.18. The predicted molar refractivity (Wildman–Crippen MR) is 70.2 cm³/mol. The van der Waals surface area contributed by atoms with Crippen molar-refractivity contribution in [2.24, 2.45) is 0 Å². The summed E-state index contributed by atoms with van der Waals surface area (Å²) in [7, 11) is 0. The Kier molecular flexibility index (Phi) is 3.42. The van der Waals surface area contributed by atoms with Gasteiger partial charge >= 0.3 is 0 Å². The predicted octanol–water partition coefficient (Wildman–Crippen LogP) is 4.20. The molecule has 1 aromatic heterocycles. The molecule has 1 aromatic carbocycles. The smallest absolute Gasteiger partial charge is 0.0828 e. The lowest BCUT2D eigenvalue weighted by Crippen LogP contribution is -2.08. The van der Waals surface area contributed by atoms with Gasteiger partial charge in [-0.1, -0.05) is 18.2 Å². The van der Waals surface area contributed by atoms with Crippen LogP contribution in [-0.2, 0) is 0 Å². The van der Waals surface area contributed by atoms with Gasteiger partial charge in [-0.15, -0.1) is 0 Å². The average molecular weight is 333 g/mol. The largest absolute Gasteiger partial charge is 0.315 e. The lowest BCUT2D eigenvalue weighted by Gasteiger charge is -2.09. The summed E-state index contributed by atoms with van der Waals surface area (Å²) in [5, 5.41) is -0.415. The maximum atomic E-state index is 3.57. The zero-order chi connectivity index (χ0) is 9.97. The first-order valence-electron chi connectivity index (χ1n) is 4.13. The molecule has 0 amide bonds. The van der Waals surface area contributed by atoms with Crippen molar-refractivity contribution in [3.8, 4) is 5.69 Å². The van der Waals surface area contributed by atoms with Crippen molar-refractivity contribution in [1.82, 2.24) is 4.57 Å². The van der Waals surface area contributed by atoms with Crippen molar-refractivity contribution in [3.63, 3.8) is 0 Å². The topological polar surface area (TPSA) is 4.93 Å². The molecular weight excluding hydrogens is 325 g/mol. The van der Waals surface area contributed by atoms with Crippen LogP contribution in [0.3, 0.4) is 0 Å². The summed E-state index contributed by atoms with van der Waals surface area (Å²) in [5.41, 5.74) is 2.45. The number of para-hydroxylation sites is 1. The van der Waals surface area contributed by atoms with Gasteiger partial charge in [-0.3, -0.25) is 0 Å². The van der Waals surface area contributed by atoms with E-state index in [9.17, 15) is 0 Å². The van der Waals surface area contributed by atoms with E-state index in [-0.39, 0.29) is 0 Å². The molecule has 0 spiro atoms. The fourth-order valence-electron chi connectivity index (χ4n) is 1.32. The first kappa shape index (κ1) is 10.4. The number of nitrogens with zero attached hydrogens (tertiary/aromatic N) is 1. The Balaban J connectivity index is 2.47. The van der Waals surface area contributed by atoms with E-state index >= 15 is 0 Å². The first-order chi connectivity index (χ1) is 6.79. The van der Waals surface area contributed by atoms with Crippen LogP contribution in [0.4, 0.5) is 0 Å². The maximum absolute atomic E-state index is 3.57. The molecule has 0 aliphatic heterocycles. The van der Waals surface area contributed by atoms with Crippen LogP contribution in [0.5, 0.6) is 0 Å². The molecule has 0 aliphatic carbocycles. The van der Waals surface area contributed by atoms with Crippen LogP contribution in [0, 0.1) is 0 Å². The lowest BCUT2D eigenvalue weighted by molar-refractivity contribution is 1.12. The Morgan fingerprint density at radius 3 is 2.29 bits per heavy atom. The highest BCUT2D eigenvalue weighted by atomic mass is 79.9. The minimum atomic E-state index is -0.415. The van der Waals surface area contributed by atoms with E-state index in [4.69, 9.17) is 0 Å². The van der Waals surface area contributed by atoms with Gasteiger partial charge in [-0.05, 0) is 55.2 Å². The molecule has 14 heavy (non-hydrogen) atoms. The van der Waals surface area contributed by atoms with Crippen LogP contribution in [0.1, 0.15) is 0 Å². The van der Waals surface area contributed by atoms with E-state index in [2.05, 4.69) is 66.0 Å². The third-order valence-electron chi connectivity index (χ3n) is 1.93. The minimum Gasteiger partial charge on any atom is -0.315 e. The van der Waals surface area contributed by atoms with E-state index in [1.54, 1.807) is 0 Å². The van der Waals surface area contributed by atoms with Crippen LogP contribution >= 0.6 is 36.3 Å². The number of hydrogen-bond acceptors (Lipinski definition) is 0. The van der Waals surface area contributed by atoms with Crippen LogP contribution in [-0.4, -0.2) is 4.57 Å². The molecular formula is C10H8Br2NP. The van der Waals surface area contributed by atoms with E-state index in [0.29, 0.717) is 0 Å². The highest BCUT2D eigenvalue weighted by molar-refractivity contribution is 9.70. The van der Waals surface area contributed by atoms with Gasteiger partial charge in [0.05, 0.1) is 10.8 Å². The van der Waals surface area contributed by atoms with Crippen molar-refractivity contribution in [2.75, 3.05) is 0 Å². The summed E-state index contributed by atoms with van der Waals surface area (Å²) in [6, 6.07) is 14.5. The molecule has 0 fully saturated rings. The molecule has 0 atom stereocenters. The number of hydrogen-bond donors (Lipinski definition) is 0. The molecule has 72 valence electrons. The summed E-state index contributed by atoms with van der Waals surface area (Å²) in [6.07, 6.45) is 2.07. The van der Waals surface area contributed by atoms with Crippen molar-refractivity contribution >= 4 is 41.7 Å². The highest BCUT2D eigenvalue weighted by Gasteiger charge is 2.08. The summed E-state index contributed by atoms with van der Waals surface area (Å²) in [6.45, 7) is 0. The van der Waals surface area contributed by atoms with Crippen molar-refractivity contribution in [2.45, 2.75) is 0 Å². The van der Waals surface area contributed by atoms with E-state index in [0.717, 1.165) is 0 Å². The van der Waals surface area contributed by atoms with Gasteiger partial charge in [-0.25, -0.2) is 0 Å². The molecule has 0 saturated carbocycles. The zero-order valence-corrected chi connectivity index (χ0v) is 11.3. The monoisotopic (exact) mass is 331 g/mol. The molecule has 0 bridgehead atoms. The Morgan fingerprint density at radius 2 is 1.64 bits per heavy atom. The van der Waals surface area contributed by atoms with Gasteiger partial charge in [0.15, 0.2) is 0 Å². The number of benzene rings is 1. The van der Waals surface area contributed by atoms with Crippen molar-refractivity contribution in [1.29, 1.82) is 0 Å². The Bertz CT molecular complexity index is 411. The molecule has 0 N–H and O–H groups in total. The van der Waals surface area contributed by atoms with Crippen molar-refractivity contribution in [3.05, 3.63) is 48.7 Å². The van der Waals surface area contributed by atoms with Crippen LogP contribution in [0.2, 0.25) is 0 Å². The standard InChI is InChI=1S/C10H8Br2NP/c11-14(12)10-7-4-8-13(10)9-5-2-1-3-6-9/h1-8H. The fraction of sp³-hybridized carbons (Fsp3) is 0. The summed E-state index contributed by atoms with van der Waals surface area (Å²) >= 11 is 7.14. The molecule has 0 saturated heterocycles. The Morgan fingerprint density at radius 1 is 0.929 bits per heavy atom. The van der Waals surface area contributed by atoms with Crippen LogP contribution < -0.4 is 5.44 Å². The van der Waals surface area contributed by atoms with Gasteiger partial charge in [-0.2, -0.15) is 0 Å². The average Bonchev–Trinajstić information content (AvgIpc) is 2.67. The number of halogens is 2. The second-order valence-corrected chi connectivity index (χ2v) is 10.8. The second-order valence-electron chi connectivity index (χ2n) is 2.80. The fourth-order valence-corrected chi connectivity index (χ4v) is 3.59. The lowest BCUT2D eigenvalue weighted by atomic mass is 10.3. The Labute approximate surface area is 100 Å². The SMILES string of the molecule is BrP(Br)c1cccn1-c1ccccc1. The summed E-state index contributed by atoms with van der Waals surface area (Å²) in [5.74, 6) is 0. The van der Waals surface area contributed by atoms with Gasteiger partial charge in [0, 0.05) is 11.9 Å². The van der Waals surface area contributed by atoms with Gasteiger partial charge in [0.25, 0.3) is 0 Å². The van der Waals surface area contributed by atoms with E-state index in [1.807, 2.05) is 18.2 Å². The molecule has 0 aliphatic rings. The number of aromatic nitrogens is 1. The maximum Gasteiger partial charge on any atom is 0.0828 e. The quantitative estimate of drug-likeness (QED) is 0.726. The molecule has 0 radical (unpaired) electrons. The molecule has 2 rings (SSSR count). The number of rotatable bonds is 2. The van der Waals surface area contributed by atoms with Gasteiger partial charge < -0.3 is 4.57 Å².